The molecule has 0 aliphatic carbocycles. The van der Waals surface area contributed by atoms with Crippen molar-refractivity contribution in [2.75, 3.05) is 14.2 Å². The van der Waals surface area contributed by atoms with Gasteiger partial charge in [0.25, 0.3) is 0 Å². The minimum Gasteiger partial charge on any atom is -0.496 e. The van der Waals surface area contributed by atoms with Crippen LogP contribution in [0.5, 0.6) is 11.5 Å². The predicted octanol–water partition coefficient (Wildman–Crippen LogP) is 3.61. The van der Waals surface area contributed by atoms with Crippen molar-refractivity contribution in [3.63, 3.8) is 0 Å². The molecule has 0 radical (unpaired) electrons. The zero-order valence-electron chi connectivity index (χ0n) is 14.8. The molecule has 0 unspecified atom stereocenters. The highest BCUT2D eigenvalue weighted by atomic mass is 32.1. The Morgan fingerprint density at radius 1 is 1.19 bits per heavy atom. The zero-order valence-corrected chi connectivity index (χ0v) is 15.7. The molecule has 1 N–H and O–H groups in total. The molecule has 2 aromatic rings. The lowest BCUT2D eigenvalue weighted by atomic mass is 10.00. The first-order valence-electron chi connectivity index (χ1n) is 7.88. The van der Waals surface area contributed by atoms with Crippen molar-refractivity contribution in [1.82, 2.24) is 5.32 Å². The Balaban J connectivity index is 2.30. The highest BCUT2D eigenvalue weighted by Crippen LogP contribution is 2.32. The molecule has 27 heavy (non-hydrogen) atoms. The van der Waals surface area contributed by atoms with Crippen LogP contribution < -0.4 is 14.8 Å². The van der Waals surface area contributed by atoms with E-state index in [0.717, 1.165) is 0 Å². The van der Waals surface area contributed by atoms with E-state index in [2.05, 4.69) is 0 Å². The van der Waals surface area contributed by atoms with Gasteiger partial charge in [-0.1, -0.05) is 6.07 Å². The fraction of sp³-hybridized carbons (Fsp3) is 0.333. The molecule has 0 saturated heterocycles. The number of alkyl halides is 3. The van der Waals surface area contributed by atoms with E-state index in [4.69, 9.17) is 9.47 Å². The number of carbonyl (C=O) groups is 2. The number of hydrogen-bond donors (Lipinski definition) is 1. The second kappa shape index (κ2) is 8.43. The summed E-state index contributed by atoms with van der Waals surface area (Å²) in [6.07, 6.45) is -4.89. The van der Waals surface area contributed by atoms with Crippen LogP contribution in [0.3, 0.4) is 0 Å². The van der Waals surface area contributed by atoms with Crippen molar-refractivity contribution in [3.8, 4) is 11.5 Å². The van der Waals surface area contributed by atoms with Crippen LogP contribution in [0.25, 0.3) is 0 Å². The third-order valence-corrected chi connectivity index (χ3v) is 4.62. The van der Waals surface area contributed by atoms with Gasteiger partial charge in [0.1, 0.15) is 11.5 Å². The highest BCUT2D eigenvalue weighted by Gasteiger charge is 2.39. The molecule has 1 heterocycles. The highest BCUT2D eigenvalue weighted by molar-refractivity contribution is 7.12. The van der Waals surface area contributed by atoms with Crippen molar-refractivity contribution in [3.05, 3.63) is 45.6 Å². The number of methoxy groups -OCH3 is 2. The van der Waals surface area contributed by atoms with E-state index in [1.54, 1.807) is 17.5 Å². The van der Waals surface area contributed by atoms with Crippen LogP contribution in [-0.4, -0.2) is 38.1 Å². The molecule has 2 rings (SSSR count). The predicted molar refractivity (Wildman–Crippen MR) is 94.7 cm³/mol. The normalized spacial score (nSPS) is 12.4. The maximum atomic E-state index is 12.6. The fourth-order valence-corrected chi connectivity index (χ4v) is 3.20. The van der Waals surface area contributed by atoms with Gasteiger partial charge >= 0.3 is 12.1 Å². The lowest BCUT2D eigenvalue weighted by molar-refractivity contribution is -0.174. The SMILES string of the molecule is COc1cc(C(=O)c2cccs2)c(OC)cc1C[C@@H](C)NC(=O)C(F)(F)F. The Bertz CT molecular complexity index is 819. The summed E-state index contributed by atoms with van der Waals surface area (Å²) in [7, 11) is 2.79. The number of halogens is 3. The summed E-state index contributed by atoms with van der Waals surface area (Å²) >= 11 is 1.28. The molecule has 5 nitrogen and oxygen atoms in total. The van der Waals surface area contributed by atoms with Gasteiger partial charge in [0.2, 0.25) is 5.78 Å². The van der Waals surface area contributed by atoms with E-state index in [1.165, 1.54) is 44.6 Å². The van der Waals surface area contributed by atoms with E-state index in [0.29, 0.717) is 16.2 Å². The first-order valence-corrected chi connectivity index (χ1v) is 8.76. The van der Waals surface area contributed by atoms with Crippen molar-refractivity contribution in [1.29, 1.82) is 0 Å². The summed E-state index contributed by atoms with van der Waals surface area (Å²) < 4.78 is 47.8. The molecule has 146 valence electrons. The number of amides is 1. The summed E-state index contributed by atoms with van der Waals surface area (Å²) in [5.74, 6) is -1.65. The average Bonchev–Trinajstić information content (AvgIpc) is 3.14. The molecule has 0 spiro atoms. The van der Waals surface area contributed by atoms with Gasteiger partial charge in [0, 0.05) is 6.04 Å². The lowest BCUT2D eigenvalue weighted by Gasteiger charge is -2.18. The zero-order chi connectivity index (χ0) is 20.2. The summed E-state index contributed by atoms with van der Waals surface area (Å²) in [6, 6.07) is 5.66. The van der Waals surface area contributed by atoms with Crippen LogP contribution in [0.4, 0.5) is 13.2 Å². The van der Waals surface area contributed by atoms with Gasteiger partial charge in [-0.05, 0) is 42.5 Å². The van der Waals surface area contributed by atoms with Crippen LogP contribution in [0.2, 0.25) is 0 Å². The molecule has 9 heteroatoms. The minimum absolute atomic E-state index is 0.0643. The van der Waals surface area contributed by atoms with E-state index in [1.807, 2.05) is 5.32 Å². The maximum absolute atomic E-state index is 12.6. The number of thiophene rings is 1. The van der Waals surface area contributed by atoms with Crippen LogP contribution >= 0.6 is 11.3 Å². The first-order chi connectivity index (χ1) is 12.7. The second-order valence-electron chi connectivity index (χ2n) is 5.75. The molecule has 0 saturated carbocycles. The van der Waals surface area contributed by atoms with E-state index in [9.17, 15) is 22.8 Å². The van der Waals surface area contributed by atoms with Gasteiger partial charge in [-0.15, -0.1) is 11.3 Å². The van der Waals surface area contributed by atoms with Gasteiger partial charge < -0.3 is 14.8 Å². The standard InChI is InChI=1S/C18H18F3NO4S/c1-10(22-17(24)18(19,20)21)7-11-8-14(26-3)12(9-13(11)25-2)16(23)15-5-4-6-27-15/h4-6,8-10H,7H2,1-3H3,(H,22,24)/t10-/m1/s1. The number of benzene rings is 1. The molecule has 0 bridgehead atoms. The Morgan fingerprint density at radius 2 is 1.85 bits per heavy atom. The average molecular weight is 401 g/mol. The third-order valence-electron chi connectivity index (χ3n) is 3.75. The molecular weight excluding hydrogens is 383 g/mol. The Hall–Kier alpha value is -2.55. The van der Waals surface area contributed by atoms with Crippen LogP contribution in [-0.2, 0) is 11.2 Å². The van der Waals surface area contributed by atoms with Gasteiger partial charge in [-0.25, -0.2) is 0 Å². The molecule has 1 atom stereocenters. The molecule has 0 aliphatic rings. The van der Waals surface area contributed by atoms with Crippen LogP contribution in [0.1, 0.15) is 27.7 Å². The van der Waals surface area contributed by atoms with Crippen molar-refractivity contribution < 1.29 is 32.2 Å². The second-order valence-corrected chi connectivity index (χ2v) is 6.69. The molecule has 0 fully saturated rings. The summed E-state index contributed by atoms with van der Waals surface area (Å²) in [6.45, 7) is 1.44. The number of ether oxygens (including phenoxy) is 2. The Labute approximate surface area is 158 Å². The summed E-state index contributed by atoms with van der Waals surface area (Å²) in [5, 5.41) is 3.67. The molecule has 0 aliphatic heterocycles. The first kappa shape index (κ1) is 20.8. The third kappa shape index (κ3) is 5.00. The van der Waals surface area contributed by atoms with Crippen molar-refractivity contribution in [2.45, 2.75) is 25.6 Å². The number of nitrogens with one attached hydrogen (secondary N) is 1. The molecule has 1 amide bonds. The van der Waals surface area contributed by atoms with Crippen molar-refractivity contribution >= 4 is 23.0 Å². The van der Waals surface area contributed by atoms with Gasteiger partial charge in [0.15, 0.2) is 0 Å². The summed E-state index contributed by atoms with van der Waals surface area (Å²) in [4.78, 5) is 24.2. The van der Waals surface area contributed by atoms with Crippen LogP contribution in [0.15, 0.2) is 29.6 Å². The minimum atomic E-state index is -4.95. The Morgan fingerprint density at radius 3 is 2.37 bits per heavy atom. The smallest absolute Gasteiger partial charge is 0.471 e. The summed E-state index contributed by atoms with van der Waals surface area (Å²) in [5.41, 5.74) is 0.791. The van der Waals surface area contributed by atoms with Gasteiger partial charge in [-0.2, -0.15) is 13.2 Å². The van der Waals surface area contributed by atoms with E-state index in [-0.39, 0.29) is 23.5 Å². The Kier molecular flexibility index (Phi) is 6.48. The lowest BCUT2D eigenvalue weighted by Crippen LogP contribution is -2.42. The number of carbonyl (C=O) groups excluding carboxylic acids is 2. The number of rotatable bonds is 7. The number of ketones is 1. The quantitative estimate of drug-likeness (QED) is 0.720. The fourth-order valence-electron chi connectivity index (χ4n) is 2.52. The largest absolute Gasteiger partial charge is 0.496 e. The maximum Gasteiger partial charge on any atom is 0.471 e. The van der Waals surface area contributed by atoms with Crippen molar-refractivity contribution in [2.24, 2.45) is 0 Å². The van der Waals surface area contributed by atoms with E-state index >= 15 is 0 Å². The molecule has 1 aromatic heterocycles. The van der Waals surface area contributed by atoms with Crippen LogP contribution in [0, 0.1) is 0 Å². The van der Waals surface area contributed by atoms with E-state index < -0.39 is 18.1 Å². The van der Waals surface area contributed by atoms with Gasteiger partial charge in [0.05, 0.1) is 24.7 Å². The molecule has 1 aromatic carbocycles. The molecular formula is C18H18F3NO4S. The van der Waals surface area contributed by atoms with Gasteiger partial charge in [-0.3, -0.25) is 9.59 Å². The number of hydrogen-bond acceptors (Lipinski definition) is 5. The topological polar surface area (TPSA) is 64.6 Å². The monoisotopic (exact) mass is 401 g/mol.